The Morgan fingerprint density at radius 2 is 1.73 bits per heavy atom. The van der Waals surface area contributed by atoms with Crippen LogP contribution >= 0.6 is 24.0 Å². The number of thioether (sulfide) groups is 1. The molecule has 1 aliphatic heterocycles. The van der Waals surface area contributed by atoms with Crippen molar-refractivity contribution in [2.24, 2.45) is 0 Å². The second-order valence-electron chi connectivity index (χ2n) is 8.53. The summed E-state index contributed by atoms with van der Waals surface area (Å²) >= 11 is 6.80. The minimum Gasteiger partial charge on any atom is -0.493 e. The molecule has 4 aromatic rings. The number of amides is 1. The molecule has 0 atom stereocenters. The Morgan fingerprint density at radius 3 is 2.49 bits per heavy atom. The van der Waals surface area contributed by atoms with Crippen LogP contribution in [0.25, 0.3) is 16.8 Å². The molecule has 1 aliphatic rings. The van der Waals surface area contributed by atoms with E-state index >= 15 is 0 Å². The van der Waals surface area contributed by atoms with Crippen LogP contribution in [0.5, 0.6) is 11.5 Å². The van der Waals surface area contributed by atoms with E-state index < -0.39 is 0 Å². The molecule has 4 aromatic carbocycles. The molecule has 1 heterocycles. The van der Waals surface area contributed by atoms with Gasteiger partial charge in [0.15, 0.2) is 15.8 Å². The summed E-state index contributed by atoms with van der Waals surface area (Å²) in [5.74, 6) is 1.14. The number of carbonyl (C=O) groups is 1. The fourth-order valence-electron chi connectivity index (χ4n) is 4.29. The number of carbonyl (C=O) groups excluding carboxylic acids is 1. The summed E-state index contributed by atoms with van der Waals surface area (Å²) in [6.07, 6.45) is 4.27. The Labute approximate surface area is 226 Å². The Balaban J connectivity index is 1.43. The van der Waals surface area contributed by atoms with Crippen LogP contribution in [0.15, 0.2) is 102 Å². The molecule has 0 saturated carbocycles. The Bertz CT molecular complexity index is 1530. The summed E-state index contributed by atoms with van der Waals surface area (Å²) in [5.41, 5.74) is 3.59. The van der Waals surface area contributed by atoms with E-state index in [0.29, 0.717) is 33.8 Å². The van der Waals surface area contributed by atoms with E-state index in [0.717, 1.165) is 22.4 Å². The van der Waals surface area contributed by atoms with Crippen molar-refractivity contribution in [3.8, 4) is 11.5 Å². The van der Waals surface area contributed by atoms with E-state index in [-0.39, 0.29) is 5.91 Å². The van der Waals surface area contributed by atoms with Crippen LogP contribution in [0.1, 0.15) is 16.7 Å². The van der Waals surface area contributed by atoms with Crippen molar-refractivity contribution in [1.82, 2.24) is 0 Å². The van der Waals surface area contributed by atoms with Crippen LogP contribution < -0.4 is 14.4 Å². The molecular formula is C31H25NO3S2. The highest BCUT2D eigenvalue weighted by Crippen LogP contribution is 2.39. The molecule has 0 aromatic heterocycles. The number of thiocarbonyl (C=S) groups is 1. The highest BCUT2D eigenvalue weighted by molar-refractivity contribution is 8.27. The van der Waals surface area contributed by atoms with Gasteiger partial charge in [-0.05, 0) is 64.7 Å². The first-order valence-corrected chi connectivity index (χ1v) is 13.0. The Kier molecular flexibility index (Phi) is 7.40. The van der Waals surface area contributed by atoms with E-state index in [9.17, 15) is 4.79 Å². The summed E-state index contributed by atoms with van der Waals surface area (Å²) < 4.78 is 12.5. The number of fused-ring (bicyclic) bond motifs is 1. The lowest BCUT2D eigenvalue weighted by molar-refractivity contribution is -0.113. The summed E-state index contributed by atoms with van der Waals surface area (Å²) in [6, 6.07) is 27.9. The van der Waals surface area contributed by atoms with Crippen LogP contribution in [0, 0.1) is 0 Å². The van der Waals surface area contributed by atoms with Gasteiger partial charge in [-0.2, -0.15) is 0 Å². The first-order chi connectivity index (χ1) is 18.1. The molecule has 0 unspecified atom stereocenters. The predicted molar refractivity (Wildman–Crippen MR) is 157 cm³/mol. The third-order valence-corrected chi connectivity index (χ3v) is 7.34. The molecule has 37 heavy (non-hydrogen) atoms. The normalized spacial score (nSPS) is 14.4. The maximum Gasteiger partial charge on any atom is 0.270 e. The second kappa shape index (κ2) is 11.0. The number of hydrogen-bond donors (Lipinski definition) is 0. The highest BCUT2D eigenvalue weighted by atomic mass is 32.2. The van der Waals surface area contributed by atoms with Gasteiger partial charge in [-0.25, -0.2) is 0 Å². The largest absolute Gasteiger partial charge is 0.493 e. The topological polar surface area (TPSA) is 38.8 Å². The molecule has 4 nitrogen and oxygen atoms in total. The Morgan fingerprint density at radius 1 is 0.973 bits per heavy atom. The predicted octanol–water partition coefficient (Wildman–Crippen LogP) is 7.56. The van der Waals surface area contributed by atoms with Crippen LogP contribution in [0.4, 0.5) is 5.69 Å². The van der Waals surface area contributed by atoms with Crippen molar-refractivity contribution in [2.75, 3.05) is 12.0 Å². The number of para-hydroxylation sites is 1. The maximum atomic E-state index is 13.2. The zero-order chi connectivity index (χ0) is 25.8. The number of nitrogens with zero attached hydrogens (tertiary/aromatic N) is 1. The zero-order valence-corrected chi connectivity index (χ0v) is 22.0. The van der Waals surface area contributed by atoms with E-state index in [1.54, 1.807) is 12.0 Å². The third kappa shape index (κ3) is 5.31. The number of allylic oxidation sites excluding steroid dienone is 1. The highest BCUT2D eigenvalue weighted by Gasteiger charge is 2.33. The summed E-state index contributed by atoms with van der Waals surface area (Å²) in [5, 5.41) is 2.36. The molecular weight excluding hydrogens is 498 g/mol. The molecule has 1 fully saturated rings. The monoisotopic (exact) mass is 523 g/mol. The third-order valence-electron chi connectivity index (χ3n) is 6.04. The number of rotatable bonds is 8. The number of methoxy groups -OCH3 is 1. The van der Waals surface area contributed by atoms with E-state index in [1.807, 2.05) is 66.7 Å². The van der Waals surface area contributed by atoms with Gasteiger partial charge in [-0.1, -0.05) is 84.7 Å². The van der Waals surface area contributed by atoms with Gasteiger partial charge < -0.3 is 9.47 Å². The van der Waals surface area contributed by atoms with Crippen molar-refractivity contribution in [3.05, 3.63) is 119 Å². The molecule has 0 N–H and O–H groups in total. The van der Waals surface area contributed by atoms with Crippen LogP contribution in [-0.2, 0) is 17.8 Å². The molecule has 0 aliphatic carbocycles. The van der Waals surface area contributed by atoms with Gasteiger partial charge in [0, 0.05) is 5.56 Å². The van der Waals surface area contributed by atoms with Gasteiger partial charge in [0.2, 0.25) is 0 Å². The number of ether oxygens (including phenoxy) is 2. The van der Waals surface area contributed by atoms with Crippen molar-refractivity contribution in [2.45, 2.75) is 13.0 Å². The van der Waals surface area contributed by atoms with Crippen LogP contribution in [0.2, 0.25) is 0 Å². The molecule has 6 heteroatoms. The summed E-state index contributed by atoms with van der Waals surface area (Å²) in [6.45, 7) is 4.31. The van der Waals surface area contributed by atoms with Gasteiger partial charge >= 0.3 is 0 Å². The smallest absolute Gasteiger partial charge is 0.270 e. The first kappa shape index (κ1) is 24.8. The Hall–Kier alpha value is -3.87. The molecule has 0 spiro atoms. The minimum absolute atomic E-state index is 0.137. The van der Waals surface area contributed by atoms with Gasteiger partial charge in [-0.3, -0.25) is 9.69 Å². The fourth-order valence-corrected chi connectivity index (χ4v) is 5.59. The van der Waals surface area contributed by atoms with Gasteiger partial charge in [0.1, 0.15) is 6.61 Å². The zero-order valence-electron chi connectivity index (χ0n) is 20.3. The lowest BCUT2D eigenvalue weighted by Crippen LogP contribution is -2.27. The lowest BCUT2D eigenvalue weighted by atomic mass is 10.0. The average Bonchev–Trinajstić information content (AvgIpc) is 3.20. The quantitative estimate of drug-likeness (QED) is 0.135. The number of benzene rings is 4. The minimum atomic E-state index is -0.137. The fraction of sp³-hybridized carbons (Fsp3) is 0.0968. The SMILES string of the molecule is C=CCc1cc(/C=C2/SC(=S)N(c3ccccc3)C2=O)cc(OC)c1OCc1ccc2ccccc2c1. The van der Waals surface area contributed by atoms with Crippen molar-refractivity contribution in [3.63, 3.8) is 0 Å². The number of hydrogen-bond acceptors (Lipinski definition) is 5. The molecule has 0 bridgehead atoms. The lowest BCUT2D eigenvalue weighted by Gasteiger charge is -2.16. The summed E-state index contributed by atoms with van der Waals surface area (Å²) in [7, 11) is 1.62. The molecule has 5 rings (SSSR count). The summed E-state index contributed by atoms with van der Waals surface area (Å²) in [4.78, 5) is 15.3. The van der Waals surface area contributed by atoms with Crippen molar-refractivity contribution < 1.29 is 14.3 Å². The molecule has 1 amide bonds. The van der Waals surface area contributed by atoms with E-state index in [1.165, 1.54) is 22.5 Å². The maximum absolute atomic E-state index is 13.2. The van der Waals surface area contributed by atoms with Crippen molar-refractivity contribution in [1.29, 1.82) is 0 Å². The van der Waals surface area contributed by atoms with Gasteiger partial charge in [0.05, 0.1) is 17.7 Å². The van der Waals surface area contributed by atoms with E-state index in [4.69, 9.17) is 21.7 Å². The van der Waals surface area contributed by atoms with Gasteiger partial charge in [0.25, 0.3) is 5.91 Å². The second-order valence-corrected chi connectivity index (χ2v) is 10.2. The molecule has 1 saturated heterocycles. The van der Waals surface area contributed by atoms with Gasteiger partial charge in [-0.15, -0.1) is 6.58 Å². The molecule has 0 radical (unpaired) electrons. The van der Waals surface area contributed by atoms with E-state index in [2.05, 4.69) is 36.9 Å². The first-order valence-electron chi connectivity index (χ1n) is 11.8. The number of anilines is 1. The van der Waals surface area contributed by atoms with Crippen molar-refractivity contribution >= 4 is 56.7 Å². The standard InChI is InChI=1S/C31H25NO3S2/c1-3-9-25-17-22(19-28-30(33)32(31(36)37-28)26-12-5-4-6-13-26)18-27(34-2)29(25)35-20-21-14-15-23-10-7-8-11-24(23)16-21/h3-8,10-19H,1,9,20H2,2H3/b28-19+. The average molecular weight is 524 g/mol. The van der Waals surface area contributed by atoms with Crippen LogP contribution in [0.3, 0.4) is 0 Å². The molecule has 184 valence electrons. The van der Waals surface area contributed by atoms with Crippen LogP contribution in [-0.4, -0.2) is 17.3 Å².